The predicted molar refractivity (Wildman–Crippen MR) is 76.7 cm³/mol. The molecule has 0 saturated carbocycles. The highest BCUT2D eigenvalue weighted by Gasteiger charge is 2.28. The van der Waals surface area contributed by atoms with Crippen molar-refractivity contribution in [2.45, 2.75) is 25.8 Å². The van der Waals surface area contributed by atoms with Gasteiger partial charge in [0, 0.05) is 34.2 Å². The zero-order chi connectivity index (χ0) is 14.0. The van der Waals surface area contributed by atoms with Gasteiger partial charge in [0.2, 0.25) is 5.13 Å². The first-order valence-electron chi connectivity index (χ1n) is 6.48. The van der Waals surface area contributed by atoms with Crippen LogP contribution in [-0.2, 0) is 0 Å². The first kappa shape index (κ1) is 14.0. The third-order valence-corrected chi connectivity index (χ3v) is 4.31. The van der Waals surface area contributed by atoms with E-state index in [0.717, 1.165) is 36.1 Å². The summed E-state index contributed by atoms with van der Waals surface area (Å²) in [5.41, 5.74) is 0. The van der Waals surface area contributed by atoms with Gasteiger partial charge in [-0.3, -0.25) is 0 Å². The maximum atomic E-state index is 12.0. The normalized spacial score (nSPS) is 19.4. The molecule has 2 amide bonds. The van der Waals surface area contributed by atoms with E-state index in [4.69, 9.17) is 0 Å². The number of nitrogens with zero attached hydrogens (tertiary/aromatic N) is 5. The van der Waals surface area contributed by atoms with E-state index in [2.05, 4.69) is 15.1 Å². The molecule has 0 aromatic carbocycles. The van der Waals surface area contributed by atoms with Gasteiger partial charge in [0.1, 0.15) is 5.01 Å². The lowest BCUT2D eigenvalue weighted by Gasteiger charge is -2.38. The van der Waals surface area contributed by atoms with Crippen LogP contribution in [-0.4, -0.2) is 66.3 Å². The minimum Gasteiger partial charge on any atom is -0.345 e. The first-order chi connectivity index (χ1) is 8.99. The largest absolute Gasteiger partial charge is 0.345 e. The van der Waals surface area contributed by atoms with Gasteiger partial charge in [-0.1, -0.05) is 11.3 Å². The molecule has 106 valence electrons. The molecule has 1 fully saturated rings. The molecule has 6 nitrogen and oxygen atoms in total. The Morgan fingerprint density at radius 3 is 2.68 bits per heavy atom. The Morgan fingerprint density at radius 2 is 2.11 bits per heavy atom. The molecule has 1 atom stereocenters. The molecule has 1 aliphatic rings. The third kappa shape index (κ3) is 3.15. The molecule has 0 radical (unpaired) electrons. The number of rotatable bonds is 2. The Hall–Kier alpha value is -1.37. The van der Waals surface area contributed by atoms with Crippen LogP contribution in [0.15, 0.2) is 0 Å². The maximum Gasteiger partial charge on any atom is 0.319 e. The van der Waals surface area contributed by atoms with E-state index >= 15 is 0 Å². The topological polar surface area (TPSA) is 52.6 Å². The molecule has 0 N–H and O–H groups in total. The van der Waals surface area contributed by atoms with Crippen LogP contribution in [0, 0.1) is 6.92 Å². The molecule has 0 bridgehead atoms. The SMILES string of the molecule is Cc1nnc(N2CCCC(N(C)C(=O)N(C)C)C2)s1. The molecule has 2 heterocycles. The monoisotopic (exact) mass is 283 g/mol. The summed E-state index contributed by atoms with van der Waals surface area (Å²) in [4.78, 5) is 17.7. The summed E-state index contributed by atoms with van der Waals surface area (Å²) >= 11 is 1.61. The number of hydrogen-bond acceptors (Lipinski definition) is 5. The lowest BCUT2D eigenvalue weighted by Crippen LogP contribution is -2.51. The number of carbonyl (C=O) groups excluding carboxylic acids is 1. The summed E-state index contributed by atoms with van der Waals surface area (Å²) in [7, 11) is 5.45. The highest BCUT2D eigenvalue weighted by Crippen LogP contribution is 2.25. The number of amides is 2. The minimum atomic E-state index is 0.0558. The van der Waals surface area contributed by atoms with E-state index in [0.29, 0.717) is 0 Å². The van der Waals surface area contributed by atoms with Gasteiger partial charge in [0.05, 0.1) is 6.04 Å². The molecule has 2 rings (SSSR count). The fraction of sp³-hybridized carbons (Fsp3) is 0.750. The van der Waals surface area contributed by atoms with Crippen molar-refractivity contribution < 1.29 is 4.79 Å². The van der Waals surface area contributed by atoms with Crippen LogP contribution < -0.4 is 4.90 Å². The third-order valence-electron chi connectivity index (χ3n) is 3.41. The van der Waals surface area contributed by atoms with E-state index in [1.165, 1.54) is 0 Å². The van der Waals surface area contributed by atoms with Crippen LogP contribution >= 0.6 is 11.3 Å². The molecule has 19 heavy (non-hydrogen) atoms. The number of aryl methyl sites for hydroxylation is 1. The van der Waals surface area contributed by atoms with E-state index in [9.17, 15) is 4.79 Å². The lowest BCUT2D eigenvalue weighted by atomic mass is 10.1. The second-order valence-electron chi connectivity index (χ2n) is 5.13. The van der Waals surface area contributed by atoms with Crippen molar-refractivity contribution in [3.63, 3.8) is 0 Å². The molecular formula is C12H21N5OS. The smallest absolute Gasteiger partial charge is 0.319 e. The number of anilines is 1. The Bertz CT molecular complexity index is 447. The van der Waals surface area contributed by atoms with E-state index < -0.39 is 0 Å². The molecular weight excluding hydrogens is 262 g/mol. The maximum absolute atomic E-state index is 12.0. The summed E-state index contributed by atoms with van der Waals surface area (Å²) in [6.07, 6.45) is 2.12. The molecule has 1 aliphatic heterocycles. The van der Waals surface area contributed by atoms with Crippen molar-refractivity contribution >= 4 is 22.5 Å². The standard InChI is InChI=1S/C12H21N5OS/c1-9-13-14-11(19-9)17-7-5-6-10(8-17)16(4)12(18)15(2)3/h10H,5-8H2,1-4H3. The van der Waals surface area contributed by atoms with Crippen LogP contribution in [0.2, 0.25) is 0 Å². The van der Waals surface area contributed by atoms with Crippen molar-refractivity contribution in [1.82, 2.24) is 20.0 Å². The van der Waals surface area contributed by atoms with Gasteiger partial charge in [-0.25, -0.2) is 4.79 Å². The second-order valence-corrected chi connectivity index (χ2v) is 6.29. The molecule has 7 heteroatoms. The minimum absolute atomic E-state index is 0.0558. The van der Waals surface area contributed by atoms with Gasteiger partial charge in [-0.05, 0) is 19.8 Å². The van der Waals surface area contributed by atoms with Crippen molar-refractivity contribution in [3.05, 3.63) is 5.01 Å². The van der Waals surface area contributed by atoms with Gasteiger partial charge in [-0.2, -0.15) is 0 Å². The van der Waals surface area contributed by atoms with Gasteiger partial charge < -0.3 is 14.7 Å². The zero-order valence-corrected chi connectivity index (χ0v) is 12.8. The van der Waals surface area contributed by atoms with Crippen molar-refractivity contribution in [2.75, 3.05) is 39.1 Å². The van der Waals surface area contributed by atoms with Gasteiger partial charge in [0.25, 0.3) is 0 Å². The van der Waals surface area contributed by atoms with Crippen LogP contribution in [0.5, 0.6) is 0 Å². The van der Waals surface area contributed by atoms with Crippen molar-refractivity contribution in [3.8, 4) is 0 Å². The quantitative estimate of drug-likeness (QED) is 0.824. The fourth-order valence-electron chi connectivity index (χ4n) is 2.33. The molecule has 0 spiro atoms. The van der Waals surface area contributed by atoms with E-state index in [-0.39, 0.29) is 12.1 Å². The summed E-state index contributed by atoms with van der Waals surface area (Å²) in [6.45, 7) is 3.80. The number of carbonyl (C=O) groups is 1. The molecule has 1 unspecified atom stereocenters. The predicted octanol–water partition coefficient (Wildman–Crippen LogP) is 1.43. The Kier molecular flexibility index (Phi) is 4.24. The molecule has 0 aliphatic carbocycles. The fourth-order valence-corrected chi connectivity index (χ4v) is 3.05. The van der Waals surface area contributed by atoms with E-state index in [1.54, 1.807) is 30.3 Å². The number of piperidine rings is 1. The number of aromatic nitrogens is 2. The van der Waals surface area contributed by atoms with Crippen LogP contribution in [0.4, 0.5) is 9.93 Å². The summed E-state index contributed by atoms with van der Waals surface area (Å²) < 4.78 is 0. The Labute approximate surface area is 118 Å². The van der Waals surface area contributed by atoms with Gasteiger partial charge in [-0.15, -0.1) is 10.2 Å². The highest BCUT2D eigenvalue weighted by atomic mass is 32.1. The summed E-state index contributed by atoms with van der Waals surface area (Å²) in [5, 5.41) is 10.2. The Morgan fingerprint density at radius 1 is 1.37 bits per heavy atom. The lowest BCUT2D eigenvalue weighted by molar-refractivity contribution is 0.157. The molecule has 1 saturated heterocycles. The number of urea groups is 1. The first-order valence-corrected chi connectivity index (χ1v) is 7.30. The number of likely N-dealkylation sites (N-methyl/N-ethyl adjacent to an activating group) is 1. The molecule has 1 aromatic rings. The highest BCUT2D eigenvalue weighted by molar-refractivity contribution is 7.15. The summed E-state index contributed by atoms with van der Waals surface area (Å²) in [6, 6.07) is 0.299. The zero-order valence-electron chi connectivity index (χ0n) is 12.0. The molecule has 1 aromatic heterocycles. The van der Waals surface area contributed by atoms with Crippen LogP contribution in [0.25, 0.3) is 0 Å². The van der Waals surface area contributed by atoms with E-state index in [1.807, 2.05) is 18.9 Å². The average molecular weight is 283 g/mol. The van der Waals surface area contributed by atoms with Crippen molar-refractivity contribution in [1.29, 1.82) is 0 Å². The van der Waals surface area contributed by atoms with Crippen LogP contribution in [0.1, 0.15) is 17.8 Å². The average Bonchev–Trinajstić information content (AvgIpc) is 2.84. The van der Waals surface area contributed by atoms with Gasteiger partial charge >= 0.3 is 6.03 Å². The second kappa shape index (κ2) is 5.73. The summed E-state index contributed by atoms with van der Waals surface area (Å²) in [5.74, 6) is 0. The van der Waals surface area contributed by atoms with Crippen molar-refractivity contribution in [2.24, 2.45) is 0 Å². The number of hydrogen-bond donors (Lipinski definition) is 0. The van der Waals surface area contributed by atoms with Crippen LogP contribution in [0.3, 0.4) is 0 Å². The Balaban J connectivity index is 2.03. The van der Waals surface area contributed by atoms with Gasteiger partial charge in [0.15, 0.2) is 0 Å².